The SMILES string of the molecule is O=C(O)c1ccc(CNC(=O)c2c(Cc3ccc(C(F)(F)F)cc3)sc3c2CCOC3)cc1. The topological polar surface area (TPSA) is 75.6 Å². The van der Waals surface area contributed by atoms with Crippen molar-refractivity contribution in [2.75, 3.05) is 6.61 Å². The van der Waals surface area contributed by atoms with Gasteiger partial charge in [0, 0.05) is 22.7 Å². The highest BCUT2D eigenvalue weighted by Gasteiger charge is 2.30. The van der Waals surface area contributed by atoms with Crippen LogP contribution in [-0.4, -0.2) is 23.6 Å². The predicted octanol–water partition coefficient (Wildman–Crippen LogP) is 5.06. The fourth-order valence-corrected chi connectivity index (χ4v) is 5.03. The minimum absolute atomic E-state index is 0.163. The lowest BCUT2D eigenvalue weighted by Crippen LogP contribution is -2.25. The van der Waals surface area contributed by atoms with E-state index in [-0.39, 0.29) is 18.0 Å². The highest BCUT2D eigenvalue weighted by molar-refractivity contribution is 7.12. The maximum absolute atomic E-state index is 13.1. The molecule has 0 spiro atoms. The smallest absolute Gasteiger partial charge is 0.416 e. The first-order chi connectivity index (χ1) is 15.7. The van der Waals surface area contributed by atoms with Crippen molar-refractivity contribution in [2.45, 2.75) is 32.2 Å². The van der Waals surface area contributed by atoms with E-state index in [2.05, 4.69) is 5.32 Å². The minimum Gasteiger partial charge on any atom is -0.478 e. The van der Waals surface area contributed by atoms with Crippen LogP contribution in [0.1, 0.15) is 52.7 Å². The largest absolute Gasteiger partial charge is 0.478 e. The zero-order chi connectivity index (χ0) is 23.6. The second kappa shape index (κ2) is 9.36. The van der Waals surface area contributed by atoms with Crippen LogP contribution in [0.25, 0.3) is 0 Å². The standard InChI is InChI=1S/C24H20F3NO4S/c25-24(26,27)17-7-3-14(4-8-17)11-19-21(18-9-10-32-13-20(18)33-19)22(29)28-12-15-1-5-16(6-2-15)23(30)31/h1-8H,9-13H2,(H,28,29)(H,30,31). The van der Waals surface area contributed by atoms with E-state index < -0.39 is 17.7 Å². The number of aromatic carboxylic acids is 1. The van der Waals surface area contributed by atoms with Crippen LogP contribution >= 0.6 is 11.3 Å². The number of hydrogen-bond acceptors (Lipinski definition) is 4. The van der Waals surface area contributed by atoms with Crippen molar-refractivity contribution in [1.82, 2.24) is 5.32 Å². The van der Waals surface area contributed by atoms with Gasteiger partial charge in [-0.15, -0.1) is 11.3 Å². The molecule has 1 aliphatic rings. The molecular weight excluding hydrogens is 455 g/mol. The van der Waals surface area contributed by atoms with Gasteiger partial charge in [-0.05, 0) is 47.4 Å². The molecule has 172 valence electrons. The average Bonchev–Trinajstić information content (AvgIpc) is 3.15. The monoisotopic (exact) mass is 475 g/mol. The Kier molecular flexibility index (Phi) is 6.53. The summed E-state index contributed by atoms with van der Waals surface area (Å²) in [6.07, 6.45) is -3.47. The molecule has 4 rings (SSSR count). The van der Waals surface area contributed by atoms with Crippen molar-refractivity contribution in [3.8, 4) is 0 Å². The van der Waals surface area contributed by atoms with Gasteiger partial charge in [0.05, 0.1) is 29.9 Å². The molecule has 33 heavy (non-hydrogen) atoms. The Morgan fingerprint density at radius 1 is 1.03 bits per heavy atom. The fourth-order valence-electron chi connectivity index (χ4n) is 3.71. The quantitative estimate of drug-likeness (QED) is 0.523. The van der Waals surface area contributed by atoms with E-state index in [1.807, 2.05) is 0 Å². The summed E-state index contributed by atoms with van der Waals surface area (Å²) in [6, 6.07) is 11.2. The van der Waals surface area contributed by atoms with E-state index in [1.165, 1.54) is 35.6 Å². The van der Waals surface area contributed by atoms with Crippen LogP contribution in [0.2, 0.25) is 0 Å². The second-order valence-electron chi connectivity index (χ2n) is 7.66. The molecule has 0 unspecified atom stereocenters. The van der Waals surface area contributed by atoms with E-state index in [0.717, 1.165) is 33.0 Å². The van der Waals surface area contributed by atoms with Crippen molar-refractivity contribution < 1.29 is 32.6 Å². The summed E-state index contributed by atoms with van der Waals surface area (Å²) in [5.41, 5.74) is 2.37. The van der Waals surface area contributed by atoms with Crippen LogP contribution in [0.3, 0.4) is 0 Å². The normalized spacial score (nSPS) is 13.4. The van der Waals surface area contributed by atoms with Gasteiger partial charge in [0.15, 0.2) is 0 Å². The molecule has 0 atom stereocenters. The molecule has 1 amide bonds. The second-order valence-corrected chi connectivity index (χ2v) is 8.85. The molecule has 1 aromatic heterocycles. The molecule has 5 nitrogen and oxygen atoms in total. The van der Waals surface area contributed by atoms with E-state index >= 15 is 0 Å². The summed E-state index contributed by atoms with van der Waals surface area (Å²) in [7, 11) is 0. The van der Waals surface area contributed by atoms with E-state index in [0.29, 0.717) is 37.2 Å². The highest BCUT2D eigenvalue weighted by atomic mass is 32.1. The van der Waals surface area contributed by atoms with Crippen molar-refractivity contribution in [2.24, 2.45) is 0 Å². The molecule has 0 aliphatic carbocycles. The summed E-state index contributed by atoms with van der Waals surface area (Å²) in [5, 5.41) is 11.9. The van der Waals surface area contributed by atoms with Crippen molar-refractivity contribution in [3.63, 3.8) is 0 Å². The van der Waals surface area contributed by atoms with Gasteiger partial charge in [0.1, 0.15) is 0 Å². The Balaban J connectivity index is 1.54. The molecule has 0 saturated carbocycles. The van der Waals surface area contributed by atoms with Gasteiger partial charge < -0.3 is 15.2 Å². The lowest BCUT2D eigenvalue weighted by Gasteiger charge is -2.14. The summed E-state index contributed by atoms with van der Waals surface area (Å²) in [6.45, 7) is 1.13. The van der Waals surface area contributed by atoms with Gasteiger partial charge >= 0.3 is 12.1 Å². The Bertz CT molecular complexity index is 1170. The lowest BCUT2D eigenvalue weighted by atomic mass is 9.99. The van der Waals surface area contributed by atoms with Crippen LogP contribution in [-0.2, 0) is 36.9 Å². The molecule has 0 fully saturated rings. The first-order valence-electron chi connectivity index (χ1n) is 10.2. The molecular formula is C24H20F3NO4S. The molecule has 2 aromatic carbocycles. The first kappa shape index (κ1) is 23.0. The summed E-state index contributed by atoms with van der Waals surface area (Å²) in [4.78, 5) is 25.9. The first-order valence-corrected chi connectivity index (χ1v) is 11.0. The number of carboxylic acid groups (broad SMARTS) is 1. The average molecular weight is 475 g/mol. The van der Waals surface area contributed by atoms with Gasteiger partial charge in [0.25, 0.3) is 5.91 Å². The molecule has 9 heteroatoms. The number of carbonyl (C=O) groups is 2. The van der Waals surface area contributed by atoms with Crippen molar-refractivity contribution >= 4 is 23.2 Å². The summed E-state index contributed by atoms with van der Waals surface area (Å²) < 4.78 is 44.1. The zero-order valence-corrected chi connectivity index (χ0v) is 18.2. The Labute approximate surface area is 191 Å². The number of thiophene rings is 1. The summed E-state index contributed by atoms with van der Waals surface area (Å²) in [5.74, 6) is -1.29. The maximum Gasteiger partial charge on any atom is 0.416 e. The number of benzene rings is 2. The van der Waals surface area contributed by atoms with Gasteiger partial charge in [0.2, 0.25) is 0 Å². The van der Waals surface area contributed by atoms with Crippen LogP contribution in [0, 0.1) is 0 Å². The number of nitrogens with one attached hydrogen (secondary N) is 1. The number of hydrogen-bond donors (Lipinski definition) is 2. The fraction of sp³-hybridized carbons (Fsp3) is 0.250. The molecule has 1 aliphatic heterocycles. The number of alkyl halides is 3. The third-order valence-electron chi connectivity index (χ3n) is 5.42. The van der Waals surface area contributed by atoms with Crippen LogP contribution in [0.15, 0.2) is 48.5 Å². The van der Waals surface area contributed by atoms with Gasteiger partial charge in [-0.2, -0.15) is 13.2 Å². The van der Waals surface area contributed by atoms with Gasteiger partial charge in [-0.25, -0.2) is 4.79 Å². The van der Waals surface area contributed by atoms with E-state index in [9.17, 15) is 22.8 Å². The Morgan fingerprint density at radius 3 is 2.33 bits per heavy atom. The van der Waals surface area contributed by atoms with Crippen LogP contribution in [0.5, 0.6) is 0 Å². The number of fused-ring (bicyclic) bond motifs is 1. The number of ether oxygens (including phenoxy) is 1. The lowest BCUT2D eigenvalue weighted by molar-refractivity contribution is -0.137. The molecule has 3 aromatic rings. The van der Waals surface area contributed by atoms with E-state index in [4.69, 9.17) is 9.84 Å². The number of amides is 1. The molecule has 2 heterocycles. The highest BCUT2D eigenvalue weighted by Crippen LogP contribution is 2.35. The van der Waals surface area contributed by atoms with Crippen LogP contribution < -0.4 is 5.32 Å². The van der Waals surface area contributed by atoms with Crippen molar-refractivity contribution in [1.29, 1.82) is 0 Å². The number of carbonyl (C=O) groups excluding carboxylic acids is 1. The molecule has 0 bridgehead atoms. The van der Waals surface area contributed by atoms with Crippen LogP contribution in [0.4, 0.5) is 13.2 Å². The number of rotatable bonds is 6. The summed E-state index contributed by atoms with van der Waals surface area (Å²) >= 11 is 1.45. The predicted molar refractivity (Wildman–Crippen MR) is 117 cm³/mol. The van der Waals surface area contributed by atoms with Crippen molar-refractivity contribution in [3.05, 3.63) is 91.7 Å². The Morgan fingerprint density at radius 2 is 1.70 bits per heavy atom. The van der Waals surface area contributed by atoms with E-state index in [1.54, 1.807) is 12.1 Å². The third kappa shape index (κ3) is 5.26. The molecule has 0 radical (unpaired) electrons. The van der Waals surface area contributed by atoms with Gasteiger partial charge in [-0.3, -0.25) is 4.79 Å². The zero-order valence-electron chi connectivity index (χ0n) is 17.4. The molecule has 0 saturated heterocycles. The number of halogens is 3. The third-order valence-corrected chi connectivity index (χ3v) is 6.63. The Hall–Kier alpha value is -3.17. The van der Waals surface area contributed by atoms with Gasteiger partial charge in [-0.1, -0.05) is 24.3 Å². The minimum atomic E-state index is -4.40. The maximum atomic E-state index is 13.1. The number of carboxylic acids is 1. The molecule has 2 N–H and O–H groups in total.